The Balaban J connectivity index is 2.38. The van der Waals surface area contributed by atoms with Gasteiger partial charge in [0.05, 0.1) is 40.8 Å². The first-order valence-electron chi connectivity index (χ1n) is 5.76. The number of carbonyl (C=O) groups is 1. The first-order valence-corrected chi connectivity index (χ1v) is 6.55. The minimum atomic E-state index is -0.385. The molecule has 0 fully saturated rings. The topological polar surface area (TPSA) is 57.0 Å². The summed E-state index contributed by atoms with van der Waals surface area (Å²) >= 11 is 3.48. The van der Waals surface area contributed by atoms with E-state index in [1.807, 2.05) is 18.5 Å². The molecule has 100 valence electrons. The number of pyridine rings is 1. The third-order valence-electron chi connectivity index (χ3n) is 2.89. The third-order valence-corrected chi connectivity index (χ3v) is 4.04. The summed E-state index contributed by atoms with van der Waals surface area (Å²) < 4.78 is 7.54. The number of rotatable bonds is 3. The zero-order valence-corrected chi connectivity index (χ0v) is 12.6. The van der Waals surface area contributed by atoms with Crippen LogP contribution in [0, 0.1) is 13.8 Å². The van der Waals surface area contributed by atoms with E-state index in [-0.39, 0.29) is 5.97 Å². The highest BCUT2D eigenvalue weighted by molar-refractivity contribution is 9.10. The predicted octanol–water partition coefficient (Wildman–Crippen LogP) is 2.49. The van der Waals surface area contributed by atoms with E-state index < -0.39 is 0 Å². The van der Waals surface area contributed by atoms with Gasteiger partial charge in [0.15, 0.2) is 0 Å². The summed E-state index contributed by atoms with van der Waals surface area (Å²) in [5, 5.41) is 4.41. The monoisotopic (exact) mass is 323 g/mol. The molecular formula is C13H14BrN3O2. The van der Waals surface area contributed by atoms with E-state index in [2.05, 4.69) is 26.0 Å². The highest BCUT2D eigenvalue weighted by atomic mass is 79.9. The molecule has 6 heteroatoms. The Morgan fingerprint density at radius 2 is 2.21 bits per heavy atom. The Labute approximate surface area is 119 Å². The maximum Gasteiger partial charge on any atom is 0.339 e. The summed E-state index contributed by atoms with van der Waals surface area (Å²) in [6.45, 7) is 4.32. The quantitative estimate of drug-likeness (QED) is 0.814. The van der Waals surface area contributed by atoms with Crippen LogP contribution in [0.5, 0.6) is 0 Å². The van der Waals surface area contributed by atoms with E-state index in [1.54, 1.807) is 18.3 Å². The van der Waals surface area contributed by atoms with Crippen molar-refractivity contribution in [3.8, 4) is 0 Å². The number of halogens is 1. The van der Waals surface area contributed by atoms with E-state index in [0.29, 0.717) is 17.8 Å². The van der Waals surface area contributed by atoms with Crippen molar-refractivity contribution < 1.29 is 9.53 Å². The summed E-state index contributed by atoms with van der Waals surface area (Å²) in [5.74, 6) is -0.385. The molecule has 0 aliphatic rings. The Kier molecular flexibility index (Phi) is 3.99. The van der Waals surface area contributed by atoms with Gasteiger partial charge in [-0.2, -0.15) is 5.10 Å². The maximum absolute atomic E-state index is 11.7. The minimum Gasteiger partial charge on any atom is -0.465 e. The maximum atomic E-state index is 11.7. The lowest BCUT2D eigenvalue weighted by Gasteiger charge is -2.08. The zero-order valence-electron chi connectivity index (χ0n) is 11.0. The molecule has 0 aliphatic heterocycles. The second-order valence-electron chi connectivity index (χ2n) is 4.13. The van der Waals surface area contributed by atoms with Crippen LogP contribution in [0.25, 0.3) is 0 Å². The molecule has 0 spiro atoms. The first-order chi connectivity index (χ1) is 9.04. The van der Waals surface area contributed by atoms with Crippen LogP contribution < -0.4 is 0 Å². The molecule has 0 aromatic carbocycles. The highest BCUT2D eigenvalue weighted by Crippen LogP contribution is 2.21. The highest BCUT2D eigenvalue weighted by Gasteiger charge is 2.15. The van der Waals surface area contributed by atoms with E-state index in [4.69, 9.17) is 4.74 Å². The molecule has 0 N–H and O–H groups in total. The van der Waals surface area contributed by atoms with Crippen molar-refractivity contribution in [1.82, 2.24) is 14.8 Å². The smallest absolute Gasteiger partial charge is 0.339 e. The van der Waals surface area contributed by atoms with Crippen molar-refractivity contribution in [3.05, 3.63) is 45.4 Å². The van der Waals surface area contributed by atoms with Gasteiger partial charge in [-0.05, 0) is 41.9 Å². The number of nitrogens with zero attached hydrogens (tertiary/aromatic N) is 3. The van der Waals surface area contributed by atoms with Gasteiger partial charge in [-0.25, -0.2) is 4.79 Å². The summed E-state index contributed by atoms with van der Waals surface area (Å²) in [6.07, 6.45) is 1.66. The van der Waals surface area contributed by atoms with Gasteiger partial charge >= 0.3 is 5.97 Å². The molecule has 0 unspecified atom stereocenters. The Hall–Kier alpha value is -1.69. The van der Waals surface area contributed by atoms with Gasteiger partial charge in [-0.1, -0.05) is 0 Å². The van der Waals surface area contributed by atoms with Crippen LogP contribution >= 0.6 is 15.9 Å². The molecule has 2 rings (SSSR count). The SMILES string of the molecule is COC(=O)c1cccnc1Cn1nc(C)c(Br)c1C. The fourth-order valence-corrected chi connectivity index (χ4v) is 2.11. The number of esters is 1. The van der Waals surface area contributed by atoms with Gasteiger partial charge in [-0.15, -0.1) is 0 Å². The molecule has 0 amide bonds. The van der Waals surface area contributed by atoms with Crippen LogP contribution in [-0.2, 0) is 11.3 Å². The van der Waals surface area contributed by atoms with Crippen molar-refractivity contribution in [3.63, 3.8) is 0 Å². The van der Waals surface area contributed by atoms with Crippen molar-refractivity contribution in [2.45, 2.75) is 20.4 Å². The van der Waals surface area contributed by atoms with E-state index in [1.165, 1.54) is 7.11 Å². The van der Waals surface area contributed by atoms with Crippen LogP contribution in [0.15, 0.2) is 22.8 Å². The molecule has 0 bridgehead atoms. The normalized spacial score (nSPS) is 10.5. The number of hydrogen-bond donors (Lipinski definition) is 0. The predicted molar refractivity (Wildman–Crippen MR) is 74.1 cm³/mol. The van der Waals surface area contributed by atoms with Crippen LogP contribution in [0.4, 0.5) is 0 Å². The Bertz CT molecular complexity index is 622. The number of hydrogen-bond acceptors (Lipinski definition) is 4. The van der Waals surface area contributed by atoms with E-state index >= 15 is 0 Å². The summed E-state index contributed by atoms with van der Waals surface area (Å²) in [4.78, 5) is 15.9. The van der Waals surface area contributed by atoms with Crippen LogP contribution in [0.3, 0.4) is 0 Å². The average Bonchev–Trinajstić information content (AvgIpc) is 2.66. The number of aryl methyl sites for hydroxylation is 1. The lowest BCUT2D eigenvalue weighted by molar-refractivity contribution is 0.0598. The first kappa shape index (κ1) is 13.7. The van der Waals surface area contributed by atoms with Crippen LogP contribution in [0.2, 0.25) is 0 Å². The molecule has 5 nitrogen and oxygen atoms in total. The second kappa shape index (κ2) is 5.52. The lowest BCUT2D eigenvalue weighted by atomic mass is 10.2. The van der Waals surface area contributed by atoms with E-state index in [0.717, 1.165) is 15.9 Å². The van der Waals surface area contributed by atoms with Crippen molar-refractivity contribution in [2.75, 3.05) is 7.11 Å². The molecule has 0 atom stereocenters. The fourth-order valence-electron chi connectivity index (χ4n) is 1.83. The Morgan fingerprint density at radius 1 is 1.47 bits per heavy atom. The minimum absolute atomic E-state index is 0.385. The molecule has 2 aromatic heterocycles. The molecular weight excluding hydrogens is 310 g/mol. The van der Waals surface area contributed by atoms with Gasteiger partial charge in [0.2, 0.25) is 0 Å². The number of aromatic nitrogens is 3. The van der Waals surface area contributed by atoms with Gasteiger partial charge in [-0.3, -0.25) is 9.67 Å². The van der Waals surface area contributed by atoms with Gasteiger partial charge in [0.25, 0.3) is 0 Å². The van der Waals surface area contributed by atoms with E-state index in [9.17, 15) is 4.79 Å². The number of carbonyl (C=O) groups excluding carboxylic acids is 1. The standard InChI is InChI=1S/C13H14BrN3O2/c1-8-12(14)9(2)17(16-8)7-11-10(13(18)19-3)5-4-6-15-11/h4-6H,7H2,1-3H3. The van der Waals surface area contributed by atoms with Crippen LogP contribution in [0.1, 0.15) is 27.4 Å². The average molecular weight is 324 g/mol. The molecule has 0 saturated carbocycles. The van der Waals surface area contributed by atoms with Crippen LogP contribution in [-0.4, -0.2) is 27.8 Å². The van der Waals surface area contributed by atoms with Gasteiger partial charge < -0.3 is 4.74 Å². The van der Waals surface area contributed by atoms with Crippen molar-refractivity contribution in [2.24, 2.45) is 0 Å². The third kappa shape index (κ3) is 2.68. The van der Waals surface area contributed by atoms with Gasteiger partial charge in [0, 0.05) is 6.20 Å². The number of ether oxygens (including phenoxy) is 1. The van der Waals surface area contributed by atoms with Crippen molar-refractivity contribution >= 4 is 21.9 Å². The number of methoxy groups -OCH3 is 1. The lowest BCUT2D eigenvalue weighted by Crippen LogP contribution is -2.12. The molecule has 0 saturated heterocycles. The van der Waals surface area contributed by atoms with Gasteiger partial charge in [0.1, 0.15) is 0 Å². The largest absolute Gasteiger partial charge is 0.465 e. The molecule has 0 radical (unpaired) electrons. The summed E-state index contributed by atoms with van der Waals surface area (Å²) in [7, 11) is 1.36. The zero-order chi connectivity index (χ0) is 14.0. The molecule has 2 heterocycles. The summed E-state index contributed by atoms with van der Waals surface area (Å²) in [6, 6.07) is 3.42. The Morgan fingerprint density at radius 3 is 2.79 bits per heavy atom. The second-order valence-corrected chi connectivity index (χ2v) is 4.92. The molecule has 19 heavy (non-hydrogen) atoms. The van der Waals surface area contributed by atoms with Crippen molar-refractivity contribution in [1.29, 1.82) is 0 Å². The molecule has 2 aromatic rings. The summed E-state index contributed by atoms with van der Waals surface area (Å²) in [5.41, 5.74) is 3.02. The molecule has 0 aliphatic carbocycles. The fraction of sp³-hybridized carbons (Fsp3) is 0.308.